The summed E-state index contributed by atoms with van der Waals surface area (Å²) >= 11 is 0. The maximum absolute atomic E-state index is 12.8. The second kappa shape index (κ2) is 10.4. The first-order valence-electron chi connectivity index (χ1n) is 11.3. The number of ether oxygens (including phenoxy) is 1. The third-order valence-corrected chi connectivity index (χ3v) is 6.12. The molecule has 2 atom stereocenters. The molecule has 0 aliphatic rings. The molecule has 5 heteroatoms. The number of carbonyl (C=O) groups is 1. The average Bonchev–Trinajstić information content (AvgIpc) is 3.32. The van der Waals surface area contributed by atoms with Gasteiger partial charge in [-0.25, -0.2) is 0 Å². The summed E-state index contributed by atoms with van der Waals surface area (Å²) in [4.78, 5) is 12.8. The smallest absolute Gasteiger partial charge is 0.287 e. The van der Waals surface area contributed by atoms with Gasteiger partial charge in [-0.3, -0.25) is 4.79 Å². The molecular formula is C28H30N2O3. The Hall–Kier alpha value is -3.57. The molecule has 1 aromatic heterocycles. The van der Waals surface area contributed by atoms with Gasteiger partial charge in [-0.1, -0.05) is 73.7 Å². The second-order valence-corrected chi connectivity index (χ2v) is 8.28. The summed E-state index contributed by atoms with van der Waals surface area (Å²) in [7, 11) is 1.59. The van der Waals surface area contributed by atoms with Gasteiger partial charge in [0.2, 0.25) is 0 Å². The molecule has 1 amide bonds. The summed E-state index contributed by atoms with van der Waals surface area (Å²) in [5, 5.41) is 3.76. The van der Waals surface area contributed by atoms with Crippen LogP contribution in [0.4, 0.5) is 0 Å². The van der Waals surface area contributed by atoms with Gasteiger partial charge in [0.15, 0.2) is 17.1 Å². The number of benzene rings is 3. The number of hydrogen-bond acceptors (Lipinski definition) is 4. The van der Waals surface area contributed by atoms with E-state index in [-0.39, 0.29) is 23.6 Å². The van der Waals surface area contributed by atoms with Gasteiger partial charge in [0.05, 0.1) is 7.11 Å². The molecule has 0 radical (unpaired) electrons. The van der Waals surface area contributed by atoms with Crippen molar-refractivity contribution in [3.05, 3.63) is 101 Å². The lowest BCUT2D eigenvalue weighted by Gasteiger charge is -2.21. The van der Waals surface area contributed by atoms with E-state index in [4.69, 9.17) is 14.9 Å². The van der Waals surface area contributed by atoms with Crippen molar-refractivity contribution in [2.24, 2.45) is 5.73 Å². The van der Waals surface area contributed by atoms with Crippen molar-refractivity contribution < 1.29 is 13.9 Å². The zero-order chi connectivity index (χ0) is 23.2. The third kappa shape index (κ3) is 5.10. The minimum atomic E-state index is -0.264. The van der Waals surface area contributed by atoms with Crippen LogP contribution < -0.4 is 15.8 Å². The summed E-state index contributed by atoms with van der Waals surface area (Å²) < 4.78 is 11.4. The second-order valence-electron chi connectivity index (χ2n) is 8.28. The molecule has 4 rings (SSSR count). The largest absolute Gasteiger partial charge is 0.493 e. The van der Waals surface area contributed by atoms with Crippen LogP contribution in [0.15, 0.2) is 83.3 Å². The van der Waals surface area contributed by atoms with Crippen LogP contribution in [0, 0.1) is 0 Å². The molecule has 3 N–H and O–H groups in total. The van der Waals surface area contributed by atoms with Gasteiger partial charge < -0.3 is 20.2 Å². The normalized spacial score (nSPS) is 12.9. The number of aryl methyl sites for hydroxylation is 1. The van der Waals surface area contributed by atoms with E-state index < -0.39 is 0 Å². The van der Waals surface area contributed by atoms with E-state index in [1.54, 1.807) is 13.2 Å². The molecular weight excluding hydrogens is 412 g/mol. The predicted molar refractivity (Wildman–Crippen MR) is 132 cm³/mol. The van der Waals surface area contributed by atoms with Gasteiger partial charge in [-0.2, -0.15) is 0 Å². The van der Waals surface area contributed by atoms with E-state index in [2.05, 4.69) is 36.5 Å². The summed E-state index contributed by atoms with van der Waals surface area (Å²) in [6, 6.07) is 25.7. The van der Waals surface area contributed by atoms with Crippen molar-refractivity contribution in [3.8, 4) is 5.75 Å². The number of hydrogen-bond donors (Lipinski definition) is 2. The molecule has 1 heterocycles. The SMILES string of the molecule is COc1ccc(C(N)C(C)c2ccccc2)c2cc(C(=O)NCCCc3ccccc3)oc12. The van der Waals surface area contributed by atoms with Crippen molar-refractivity contribution in [2.75, 3.05) is 13.7 Å². The number of nitrogens with two attached hydrogens (primary N) is 1. The summed E-state index contributed by atoms with van der Waals surface area (Å²) in [6.45, 7) is 2.68. The van der Waals surface area contributed by atoms with Crippen LogP contribution in [0.1, 0.15) is 52.5 Å². The number of rotatable bonds is 9. The average molecular weight is 443 g/mol. The molecule has 0 saturated carbocycles. The first-order valence-corrected chi connectivity index (χ1v) is 11.3. The molecule has 0 spiro atoms. The van der Waals surface area contributed by atoms with Crippen LogP contribution in [0.3, 0.4) is 0 Å². The Bertz CT molecular complexity index is 1200. The Labute approximate surface area is 194 Å². The molecule has 0 saturated heterocycles. The number of nitrogens with one attached hydrogen (secondary N) is 1. The van der Waals surface area contributed by atoms with Crippen molar-refractivity contribution in [3.63, 3.8) is 0 Å². The quantitative estimate of drug-likeness (QED) is 0.330. The minimum absolute atomic E-state index is 0.0907. The molecule has 0 fully saturated rings. The first-order chi connectivity index (χ1) is 16.1. The fourth-order valence-corrected chi connectivity index (χ4v) is 4.14. The van der Waals surface area contributed by atoms with Gasteiger partial charge >= 0.3 is 0 Å². The first kappa shape index (κ1) is 22.6. The third-order valence-electron chi connectivity index (χ3n) is 6.12. The molecule has 0 aliphatic carbocycles. The standard InChI is InChI=1S/C28H30N2O3/c1-19(21-13-7-4-8-14-21)26(29)22-15-16-24(32-2)27-23(22)18-25(33-27)28(31)30-17-9-12-20-10-5-3-6-11-20/h3-8,10-11,13-16,18-19,26H,9,12,17,29H2,1-2H3,(H,30,31). The molecule has 5 nitrogen and oxygen atoms in total. The molecule has 0 bridgehead atoms. The van der Waals surface area contributed by atoms with Crippen molar-refractivity contribution in [1.29, 1.82) is 0 Å². The zero-order valence-electron chi connectivity index (χ0n) is 19.1. The molecule has 3 aromatic carbocycles. The molecule has 4 aromatic rings. The van der Waals surface area contributed by atoms with Gasteiger partial charge in [0, 0.05) is 23.9 Å². The van der Waals surface area contributed by atoms with Crippen LogP contribution >= 0.6 is 0 Å². The summed E-state index contributed by atoms with van der Waals surface area (Å²) in [5.74, 6) is 0.691. The molecule has 33 heavy (non-hydrogen) atoms. The summed E-state index contributed by atoms with van der Waals surface area (Å²) in [5.41, 5.74) is 10.6. The van der Waals surface area contributed by atoms with Gasteiger partial charge in [-0.15, -0.1) is 0 Å². The Morgan fingerprint density at radius 1 is 1.03 bits per heavy atom. The molecule has 0 aliphatic heterocycles. The maximum Gasteiger partial charge on any atom is 0.287 e. The van der Waals surface area contributed by atoms with E-state index in [0.29, 0.717) is 17.9 Å². The number of methoxy groups -OCH3 is 1. The molecule has 2 unspecified atom stereocenters. The van der Waals surface area contributed by atoms with Gasteiger partial charge in [-0.05, 0) is 41.7 Å². The number of furan rings is 1. The highest BCUT2D eigenvalue weighted by molar-refractivity contribution is 5.98. The fourth-order valence-electron chi connectivity index (χ4n) is 4.14. The van der Waals surface area contributed by atoms with Crippen molar-refractivity contribution in [2.45, 2.75) is 31.7 Å². The fraction of sp³-hybridized carbons (Fsp3) is 0.250. The topological polar surface area (TPSA) is 77.5 Å². The highest BCUT2D eigenvalue weighted by Crippen LogP contribution is 2.38. The Morgan fingerprint density at radius 3 is 2.42 bits per heavy atom. The lowest BCUT2D eigenvalue weighted by molar-refractivity contribution is 0.0927. The maximum atomic E-state index is 12.8. The van der Waals surface area contributed by atoms with Crippen LogP contribution in [0.5, 0.6) is 5.75 Å². The van der Waals surface area contributed by atoms with E-state index in [0.717, 1.165) is 29.4 Å². The highest BCUT2D eigenvalue weighted by Gasteiger charge is 2.23. The Balaban J connectivity index is 1.52. The Morgan fingerprint density at radius 2 is 1.73 bits per heavy atom. The summed E-state index contributed by atoms with van der Waals surface area (Å²) in [6.07, 6.45) is 1.76. The van der Waals surface area contributed by atoms with Crippen LogP contribution in [0.2, 0.25) is 0 Å². The van der Waals surface area contributed by atoms with E-state index >= 15 is 0 Å². The highest BCUT2D eigenvalue weighted by atomic mass is 16.5. The van der Waals surface area contributed by atoms with Crippen molar-refractivity contribution >= 4 is 16.9 Å². The van der Waals surface area contributed by atoms with Gasteiger partial charge in [0.1, 0.15) is 0 Å². The predicted octanol–water partition coefficient (Wildman–Crippen LogP) is 5.61. The molecule has 170 valence electrons. The van der Waals surface area contributed by atoms with Crippen LogP contribution in [0.25, 0.3) is 11.0 Å². The lowest BCUT2D eigenvalue weighted by atomic mass is 9.88. The van der Waals surface area contributed by atoms with E-state index in [1.807, 2.05) is 48.5 Å². The Kier molecular flexibility index (Phi) is 7.10. The van der Waals surface area contributed by atoms with E-state index in [1.165, 1.54) is 5.56 Å². The monoisotopic (exact) mass is 442 g/mol. The lowest BCUT2D eigenvalue weighted by Crippen LogP contribution is -2.24. The van der Waals surface area contributed by atoms with E-state index in [9.17, 15) is 4.79 Å². The van der Waals surface area contributed by atoms with Crippen molar-refractivity contribution in [1.82, 2.24) is 5.32 Å². The number of amides is 1. The van der Waals surface area contributed by atoms with Crippen LogP contribution in [-0.2, 0) is 6.42 Å². The minimum Gasteiger partial charge on any atom is -0.493 e. The van der Waals surface area contributed by atoms with Crippen LogP contribution in [-0.4, -0.2) is 19.6 Å². The number of fused-ring (bicyclic) bond motifs is 1. The number of carbonyl (C=O) groups excluding carboxylic acids is 1. The van der Waals surface area contributed by atoms with Gasteiger partial charge in [0.25, 0.3) is 5.91 Å². The zero-order valence-corrected chi connectivity index (χ0v) is 19.1.